The van der Waals surface area contributed by atoms with Crippen LogP contribution < -0.4 is 5.32 Å². The van der Waals surface area contributed by atoms with Crippen LogP contribution in [0, 0.1) is 5.92 Å². The molecule has 0 aromatic heterocycles. The van der Waals surface area contributed by atoms with E-state index in [0.717, 1.165) is 39.0 Å². The lowest BCUT2D eigenvalue weighted by Gasteiger charge is -2.31. The van der Waals surface area contributed by atoms with Crippen molar-refractivity contribution in [1.29, 1.82) is 0 Å². The van der Waals surface area contributed by atoms with E-state index in [1.165, 1.54) is 19.3 Å². The summed E-state index contributed by atoms with van der Waals surface area (Å²) in [6.45, 7) is 3.77. The summed E-state index contributed by atoms with van der Waals surface area (Å²) < 4.78 is 0. The third kappa shape index (κ3) is 2.27. The Balaban J connectivity index is 1.85. The summed E-state index contributed by atoms with van der Waals surface area (Å²) in [5, 5.41) is 4.28. The summed E-state index contributed by atoms with van der Waals surface area (Å²) in [6, 6.07) is 0. The molecule has 2 saturated heterocycles. The van der Waals surface area contributed by atoms with Gasteiger partial charge in [-0.15, -0.1) is 0 Å². The summed E-state index contributed by atoms with van der Waals surface area (Å²) in [4.78, 5) is 14.1. The second-order valence-corrected chi connectivity index (χ2v) is 4.33. The molecule has 0 bridgehead atoms. The van der Waals surface area contributed by atoms with Crippen molar-refractivity contribution in [2.45, 2.75) is 32.1 Å². The quantitative estimate of drug-likeness (QED) is 0.615. The van der Waals surface area contributed by atoms with Crippen molar-refractivity contribution in [1.82, 2.24) is 10.2 Å². The molecule has 1 radical (unpaired) electrons. The summed E-state index contributed by atoms with van der Waals surface area (Å²) in [5.41, 5.74) is 0. The van der Waals surface area contributed by atoms with Crippen LogP contribution in [0.5, 0.6) is 0 Å². The normalized spacial score (nSPS) is 25.0. The lowest BCUT2D eigenvalue weighted by molar-refractivity contribution is -0.137. The molecule has 2 fully saturated rings. The molecule has 0 atom stereocenters. The molecule has 3 heteroatoms. The molecule has 2 rings (SSSR count). The molecular weight excluding hydrogens is 176 g/mol. The first-order chi connectivity index (χ1) is 6.88. The van der Waals surface area contributed by atoms with Gasteiger partial charge in [-0.05, 0) is 32.1 Å². The maximum atomic E-state index is 12.0. The zero-order chi connectivity index (χ0) is 9.80. The molecule has 0 N–H and O–H groups in total. The first-order valence-electron chi connectivity index (χ1n) is 5.80. The van der Waals surface area contributed by atoms with Crippen LogP contribution >= 0.6 is 0 Å². The van der Waals surface area contributed by atoms with Crippen molar-refractivity contribution >= 4 is 5.91 Å². The average Bonchev–Trinajstić information content (AvgIpc) is 2.30. The number of carbonyl (C=O) groups is 1. The third-order valence-corrected chi connectivity index (χ3v) is 3.29. The zero-order valence-electron chi connectivity index (χ0n) is 8.74. The van der Waals surface area contributed by atoms with Crippen molar-refractivity contribution in [2.75, 3.05) is 26.2 Å². The topological polar surface area (TPSA) is 34.4 Å². The van der Waals surface area contributed by atoms with Crippen LogP contribution in [-0.2, 0) is 4.79 Å². The highest BCUT2D eigenvalue weighted by Gasteiger charge is 2.26. The van der Waals surface area contributed by atoms with E-state index in [1.54, 1.807) is 0 Å². The fourth-order valence-corrected chi connectivity index (χ4v) is 2.37. The molecule has 1 amide bonds. The standard InChI is InChI=1S/C11H19N2O/c14-11(10-4-6-12-7-5-10)13-8-2-1-3-9-13/h10H,1-9H2. The first-order valence-corrected chi connectivity index (χ1v) is 5.80. The number of nitrogens with zero attached hydrogens (tertiary/aromatic N) is 2. The van der Waals surface area contributed by atoms with Crippen LogP contribution in [0.25, 0.3) is 0 Å². The van der Waals surface area contributed by atoms with Gasteiger partial charge in [-0.2, -0.15) is 0 Å². The lowest BCUT2D eigenvalue weighted by atomic mass is 9.95. The average molecular weight is 195 g/mol. The number of rotatable bonds is 1. The minimum Gasteiger partial charge on any atom is -0.342 e. The summed E-state index contributed by atoms with van der Waals surface area (Å²) in [6.07, 6.45) is 5.65. The molecular formula is C11H19N2O. The van der Waals surface area contributed by atoms with Crippen molar-refractivity contribution < 1.29 is 4.79 Å². The van der Waals surface area contributed by atoms with E-state index in [1.807, 2.05) is 0 Å². The van der Waals surface area contributed by atoms with Crippen LogP contribution in [0.4, 0.5) is 0 Å². The highest BCUT2D eigenvalue weighted by atomic mass is 16.2. The molecule has 0 unspecified atom stereocenters. The van der Waals surface area contributed by atoms with E-state index in [4.69, 9.17) is 0 Å². The maximum absolute atomic E-state index is 12.0. The zero-order valence-corrected chi connectivity index (χ0v) is 8.74. The van der Waals surface area contributed by atoms with Crippen molar-refractivity contribution in [3.63, 3.8) is 0 Å². The van der Waals surface area contributed by atoms with E-state index in [2.05, 4.69) is 10.2 Å². The summed E-state index contributed by atoms with van der Waals surface area (Å²) >= 11 is 0. The largest absolute Gasteiger partial charge is 0.342 e. The summed E-state index contributed by atoms with van der Waals surface area (Å²) in [5.74, 6) is 0.685. The monoisotopic (exact) mass is 195 g/mol. The van der Waals surface area contributed by atoms with E-state index in [9.17, 15) is 4.79 Å². The predicted octanol–water partition coefficient (Wildman–Crippen LogP) is 1.01. The van der Waals surface area contributed by atoms with E-state index >= 15 is 0 Å². The fraction of sp³-hybridized carbons (Fsp3) is 0.909. The van der Waals surface area contributed by atoms with Gasteiger partial charge in [-0.3, -0.25) is 4.79 Å². The molecule has 79 valence electrons. The summed E-state index contributed by atoms with van der Waals surface area (Å²) in [7, 11) is 0. The van der Waals surface area contributed by atoms with E-state index in [-0.39, 0.29) is 5.92 Å². The van der Waals surface area contributed by atoms with Gasteiger partial charge in [0.05, 0.1) is 0 Å². The van der Waals surface area contributed by atoms with Gasteiger partial charge in [-0.25, -0.2) is 5.32 Å². The van der Waals surface area contributed by atoms with Gasteiger partial charge in [0.1, 0.15) is 0 Å². The minimum absolute atomic E-state index is 0.283. The van der Waals surface area contributed by atoms with Crippen LogP contribution in [0.2, 0.25) is 0 Å². The number of hydrogen-bond acceptors (Lipinski definition) is 1. The third-order valence-electron chi connectivity index (χ3n) is 3.29. The van der Waals surface area contributed by atoms with E-state index in [0.29, 0.717) is 5.91 Å². The molecule has 2 aliphatic rings. The highest BCUT2D eigenvalue weighted by molar-refractivity contribution is 5.79. The number of amides is 1. The SMILES string of the molecule is O=C(C1CC[N]CC1)N1CCCCC1. The Morgan fingerprint density at radius 2 is 1.71 bits per heavy atom. The Morgan fingerprint density at radius 1 is 1.07 bits per heavy atom. The molecule has 0 saturated carbocycles. The lowest BCUT2D eigenvalue weighted by Crippen LogP contribution is -2.42. The van der Waals surface area contributed by atoms with Crippen molar-refractivity contribution in [3.05, 3.63) is 0 Å². The minimum atomic E-state index is 0.283. The Kier molecular flexibility index (Phi) is 3.40. The Morgan fingerprint density at radius 3 is 2.36 bits per heavy atom. The first kappa shape index (κ1) is 9.97. The Hall–Kier alpha value is -0.570. The molecule has 14 heavy (non-hydrogen) atoms. The maximum Gasteiger partial charge on any atom is 0.225 e. The van der Waals surface area contributed by atoms with Gasteiger partial charge in [0.25, 0.3) is 0 Å². The van der Waals surface area contributed by atoms with Gasteiger partial charge in [-0.1, -0.05) is 0 Å². The predicted molar refractivity (Wildman–Crippen MR) is 55.0 cm³/mol. The Labute approximate surface area is 85.8 Å². The van der Waals surface area contributed by atoms with Crippen LogP contribution in [0.15, 0.2) is 0 Å². The van der Waals surface area contributed by atoms with Crippen LogP contribution in [0.3, 0.4) is 0 Å². The van der Waals surface area contributed by atoms with Gasteiger partial charge < -0.3 is 4.90 Å². The number of piperidine rings is 2. The highest BCUT2D eigenvalue weighted by Crippen LogP contribution is 2.18. The Bertz CT molecular complexity index is 173. The second kappa shape index (κ2) is 4.78. The number of hydrogen-bond donors (Lipinski definition) is 0. The molecule has 0 aromatic carbocycles. The molecule has 2 heterocycles. The number of likely N-dealkylation sites (tertiary alicyclic amines) is 1. The molecule has 0 aliphatic carbocycles. The van der Waals surface area contributed by atoms with Gasteiger partial charge in [0.2, 0.25) is 5.91 Å². The van der Waals surface area contributed by atoms with E-state index < -0.39 is 0 Å². The molecule has 3 nitrogen and oxygen atoms in total. The van der Waals surface area contributed by atoms with Crippen LogP contribution in [0.1, 0.15) is 32.1 Å². The molecule has 0 aromatic rings. The number of carbonyl (C=O) groups excluding carboxylic acids is 1. The van der Waals surface area contributed by atoms with Gasteiger partial charge >= 0.3 is 0 Å². The van der Waals surface area contributed by atoms with Crippen molar-refractivity contribution in [3.8, 4) is 0 Å². The second-order valence-electron chi connectivity index (χ2n) is 4.33. The van der Waals surface area contributed by atoms with Crippen LogP contribution in [-0.4, -0.2) is 37.0 Å². The van der Waals surface area contributed by atoms with Gasteiger partial charge in [0, 0.05) is 32.1 Å². The molecule has 2 aliphatic heterocycles. The fourth-order valence-electron chi connectivity index (χ4n) is 2.37. The van der Waals surface area contributed by atoms with Gasteiger partial charge in [0.15, 0.2) is 0 Å². The molecule has 0 spiro atoms. The van der Waals surface area contributed by atoms with Crippen molar-refractivity contribution in [2.24, 2.45) is 5.92 Å². The smallest absolute Gasteiger partial charge is 0.225 e.